The van der Waals surface area contributed by atoms with Crippen molar-refractivity contribution < 1.29 is 9.59 Å². The van der Waals surface area contributed by atoms with Gasteiger partial charge in [-0.05, 0) is 53.0 Å². The Morgan fingerprint density at radius 3 is 1.91 bits per heavy atom. The van der Waals surface area contributed by atoms with Crippen LogP contribution < -0.4 is 4.90 Å². The summed E-state index contributed by atoms with van der Waals surface area (Å²) in [7, 11) is 0. The minimum Gasteiger partial charge on any atom is -0.274 e. The number of aryl methyl sites for hydroxylation is 1. The van der Waals surface area contributed by atoms with Crippen LogP contribution in [0.15, 0.2) is 48.5 Å². The molecule has 2 amide bonds. The number of nitrogens with zero attached hydrogens (tertiary/aromatic N) is 2. The molecule has 2 bridgehead atoms. The van der Waals surface area contributed by atoms with Gasteiger partial charge in [0.2, 0.25) is 11.8 Å². The van der Waals surface area contributed by atoms with Gasteiger partial charge in [-0.1, -0.05) is 55.5 Å². The van der Waals surface area contributed by atoms with Crippen LogP contribution >= 0.6 is 11.3 Å². The number of hydrogen-bond donors (Lipinski definition) is 0. The Morgan fingerprint density at radius 2 is 1.42 bits per heavy atom. The third-order valence-electron chi connectivity index (χ3n) is 8.25. The van der Waals surface area contributed by atoms with Crippen molar-refractivity contribution in [2.45, 2.75) is 38.0 Å². The lowest BCUT2D eigenvalue weighted by atomic mass is 9.55. The molecule has 8 rings (SSSR count). The fourth-order valence-electron chi connectivity index (χ4n) is 6.89. The summed E-state index contributed by atoms with van der Waals surface area (Å²) >= 11 is 1.49. The number of anilines is 1. The molecular formula is C28H22N2O2S. The van der Waals surface area contributed by atoms with Gasteiger partial charge >= 0.3 is 0 Å². The average molecular weight is 451 g/mol. The summed E-state index contributed by atoms with van der Waals surface area (Å²) in [5.41, 5.74) is 6.29. The summed E-state index contributed by atoms with van der Waals surface area (Å²) < 4.78 is 0. The van der Waals surface area contributed by atoms with Crippen LogP contribution in [0, 0.1) is 29.1 Å². The highest BCUT2D eigenvalue weighted by Crippen LogP contribution is 2.61. The van der Waals surface area contributed by atoms with E-state index in [0.29, 0.717) is 16.5 Å². The van der Waals surface area contributed by atoms with E-state index in [0.717, 1.165) is 24.8 Å². The Hall–Kier alpha value is -3.23. The zero-order valence-electron chi connectivity index (χ0n) is 18.2. The Balaban J connectivity index is 1.41. The highest BCUT2D eigenvalue weighted by atomic mass is 32.1. The van der Waals surface area contributed by atoms with Gasteiger partial charge in [0.15, 0.2) is 0 Å². The SMILES string of the molecule is CC1CCc2sc(N3C(=O)C4C5c6ccccc6C(c6ccccc65)C4C3=O)c(C#N)c2C1. The number of hydrogen-bond acceptors (Lipinski definition) is 4. The van der Waals surface area contributed by atoms with Crippen LogP contribution in [0.25, 0.3) is 0 Å². The van der Waals surface area contributed by atoms with Crippen molar-refractivity contribution in [3.63, 3.8) is 0 Å². The molecule has 4 aliphatic carbocycles. The van der Waals surface area contributed by atoms with Crippen molar-refractivity contribution in [2.24, 2.45) is 17.8 Å². The van der Waals surface area contributed by atoms with E-state index in [1.54, 1.807) is 0 Å². The number of amides is 2. The van der Waals surface area contributed by atoms with Gasteiger partial charge in [0.1, 0.15) is 11.1 Å². The van der Waals surface area contributed by atoms with Crippen molar-refractivity contribution in [3.8, 4) is 6.07 Å². The summed E-state index contributed by atoms with van der Waals surface area (Å²) in [6, 6.07) is 18.9. The quantitative estimate of drug-likeness (QED) is 0.482. The highest BCUT2D eigenvalue weighted by Gasteiger charge is 2.62. The summed E-state index contributed by atoms with van der Waals surface area (Å²) in [6.45, 7) is 2.20. The predicted octanol–water partition coefficient (Wildman–Crippen LogP) is 5.14. The van der Waals surface area contributed by atoms with Crippen molar-refractivity contribution in [3.05, 3.63) is 86.8 Å². The number of rotatable bonds is 1. The van der Waals surface area contributed by atoms with Crippen LogP contribution in [-0.4, -0.2) is 11.8 Å². The molecule has 0 saturated carbocycles. The Morgan fingerprint density at radius 1 is 0.909 bits per heavy atom. The molecule has 1 saturated heterocycles. The lowest BCUT2D eigenvalue weighted by Crippen LogP contribution is -2.41. The number of fused-ring (bicyclic) bond motifs is 1. The van der Waals surface area contributed by atoms with Gasteiger partial charge in [-0.3, -0.25) is 9.59 Å². The Labute approximate surface area is 196 Å². The van der Waals surface area contributed by atoms with E-state index in [-0.39, 0.29) is 23.7 Å². The van der Waals surface area contributed by atoms with E-state index >= 15 is 0 Å². The third-order valence-corrected chi connectivity index (χ3v) is 9.53. The fourth-order valence-corrected chi connectivity index (χ4v) is 8.20. The predicted molar refractivity (Wildman–Crippen MR) is 126 cm³/mol. The lowest BCUT2D eigenvalue weighted by Gasteiger charge is -2.45. The molecule has 1 aliphatic heterocycles. The molecule has 1 aromatic heterocycles. The minimum absolute atomic E-state index is 0.117. The smallest absolute Gasteiger partial charge is 0.239 e. The van der Waals surface area contributed by atoms with Gasteiger partial charge in [0.25, 0.3) is 0 Å². The molecule has 5 aliphatic rings. The first-order valence-corrected chi connectivity index (χ1v) is 12.5. The molecule has 2 heterocycles. The topological polar surface area (TPSA) is 61.2 Å². The van der Waals surface area contributed by atoms with E-state index in [1.807, 2.05) is 24.3 Å². The molecule has 0 N–H and O–H groups in total. The van der Waals surface area contributed by atoms with Gasteiger partial charge in [-0.25, -0.2) is 4.90 Å². The molecular weight excluding hydrogens is 428 g/mol. The molecule has 3 atom stereocenters. The maximum Gasteiger partial charge on any atom is 0.239 e. The maximum atomic E-state index is 14.0. The summed E-state index contributed by atoms with van der Waals surface area (Å²) in [5, 5.41) is 10.6. The Bertz CT molecular complexity index is 1300. The first kappa shape index (κ1) is 19.3. The standard InChI is InChI=1S/C28H22N2O2S/c1-14-10-11-21-19(12-14)20(13-29)28(33-21)30-26(31)24-22-15-6-2-3-7-16(15)23(25(24)27(30)32)18-9-5-4-8-17(18)22/h2-9,14,22-25H,10-12H2,1H3. The molecule has 2 aromatic carbocycles. The second-order valence-corrected chi connectivity index (χ2v) is 11.0. The van der Waals surface area contributed by atoms with Crippen molar-refractivity contribution in [1.29, 1.82) is 5.26 Å². The minimum atomic E-state index is -0.406. The second kappa shape index (κ2) is 6.65. The molecule has 33 heavy (non-hydrogen) atoms. The largest absolute Gasteiger partial charge is 0.274 e. The lowest BCUT2D eigenvalue weighted by molar-refractivity contribution is -0.122. The summed E-state index contributed by atoms with van der Waals surface area (Å²) in [4.78, 5) is 30.6. The monoisotopic (exact) mass is 450 g/mol. The molecule has 3 aromatic rings. The average Bonchev–Trinajstić information content (AvgIpc) is 3.32. The molecule has 1 fully saturated rings. The normalized spacial score (nSPS) is 28.7. The van der Waals surface area contributed by atoms with Gasteiger partial charge in [-0.2, -0.15) is 5.26 Å². The molecule has 5 heteroatoms. The fraction of sp³-hybridized carbons (Fsp3) is 0.321. The zero-order valence-corrected chi connectivity index (χ0v) is 19.1. The second-order valence-electron chi connectivity index (χ2n) is 9.92. The van der Waals surface area contributed by atoms with Gasteiger partial charge < -0.3 is 0 Å². The summed E-state index contributed by atoms with van der Waals surface area (Å²) in [6.07, 6.45) is 2.85. The van der Waals surface area contributed by atoms with E-state index in [2.05, 4.69) is 37.3 Å². The van der Waals surface area contributed by atoms with Gasteiger partial charge in [-0.15, -0.1) is 11.3 Å². The number of imide groups is 1. The van der Waals surface area contributed by atoms with Crippen molar-refractivity contribution in [1.82, 2.24) is 0 Å². The van der Waals surface area contributed by atoms with E-state index < -0.39 is 11.8 Å². The molecule has 4 nitrogen and oxygen atoms in total. The van der Waals surface area contributed by atoms with Crippen LogP contribution in [0.1, 0.15) is 63.4 Å². The number of nitriles is 1. The van der Waals surface area contributed by atoms with E-state index in [9.17, 15) is 14.9 Å². The van der Waals surface area contributed by atoms with E-state index in [4.69, 9.17) is 0 Å². The summed E-state index contributed by atoms with van der Waals surface area (Å²) in [5.74, 6) is -0.796. The van der Waals surface area contributed by atoms with Gasteiger partial charge in [0.05, 0.1) is 17.4 Å². The van der Waals surface area contributed by atoms with Crippen LogP contribution in [0.5, 0.6) is 0 Å². The number of benzene rings is 2. The molecule has 3 unspecified atom stereocenters. The van der Waals surface area contributed by atoms with Crippen LogP contribution in [-0.2, 0) is 22.4 Å². The number of thiophene rings is 1. The van der Waals surface area contributed by atoms with Crippen LogP contribution in [0.4, 0.5) is 5.00 Å². The Kier molecular flexibility index (Phi) is 3.88. The first-order chi connectivity index (χ1) is 16.1. The van der Waals surface area contributed by atoms with Crippen molar-refractivity contribution in [2.75, 3.05) is 4.90 Å². The van der Waals surface area contributed by atoms with E-state index in [1.165, 1.54) is 43.4 Å². The first-order valence-electron chi connectivity index (χ1n) is 11.7. The highest BCUT2D eigenvalue weighted by molar-refractivity contribution is 7.17. The molecule has 162 valence electrons. The van der Waals surface area contributed by atoms with Crippen LogP contribution in [0.3, 0.4) is 0 Å². The molecule has 0 spiro atoms. The third kappa shape index (κ3) is 2.34. The van der Waals surface area contributed by atoms with Gasteiger partial charge in [0, 0.05) is 16.7 Å². The zero-order chi connectivity index (χ0) is 22.4. The number of carbonyl (C=O) groups is 2. The van der Waals surface area contributed by atoms with Crippen LogP contribution in [0.2, 0.25) is 0 Å². The van der Waals surface area contributed by atoms with Crippen molar-refractivity contribution >= 4 is 28.2 Å². The maximum absolute atomic E-state index is 14.0. The molecule has 0 radical (unpaired) electrons. The number of carbonyl (C=O) groups excluding carboxylic acids is 2.